The van der Waals surface area contributed by atoms with Crippen LogP contribution in [0.25, 0.3) is 11.3 Å². The number of benzene rings is 1. The average molecular weight is 346 g/mol. The molecule has 0 saturated heterocycles. The van der Waals surface area contributed by atoms with Gasteiger partial charge in [0, 0.05) is 19.2 Å². The van der Waals surface area contributed by atoms with Crippen LogP contribution in [0.15, 0.2) is 46.2 Å². The second kappa shape index (κ2) is 6.21. The molecule has 2 heterocycles. The van der Waals surface area contributed by atoms with Crippen LogP contribution in [0.4, 0.5) is 0 Å². The Morgan fingerprint density at radius 1 is 1.29 bits per heavy atom. The van der Waals surface area contributed by atoms with Gasteiger partial charge in [0.1, 0.15) is 4.90 Å². The van der Waals surface area contributed by atoms with E-state index in [0.29, 0.717) is 17.1 Å². The fourth-order valence-electron chi connectivity index (χ4n) is 2.59. The molecule has 0 radical (unpaired) electrons. The molecule has 1 aromatic carbocycles. The van der Waals surface area contributed by atoms with Gasteiger partial charge in [0.05, 0.1) is 17.6 Å². The largest absolute Gasteiger partial charge is 0.444 e. The number of sulfonamides is 1. The van der Waals surface area contributed by atoms with Crippen molar-refractivity contribution in [2.24, 2.45) is 7.05 Å². The Hall–Kier alpha value is -2.45. The minimum Gasteiger partial charge on any atom is -0.444 e. The van der Waals surface area contributed by atoms with Crippen molar-refractivity contribution in [3.05, 3.63) is 53.8 Å². The smallest absolute Gasteiger partial charge is 0.244 e. The van der Waals surface area contributed by atoms with E-state index in [9.17, 15) is 8.42 Å². The molecule has 2 aromatic heterocycles. The lowest BCUT2D eigenvalue weighted by Crippen LogP contribution is -2.24. The standard InChI is InChI=1S/C16H18N4O3S/c1-11-16(12(2)20(3)19-11)24(21,22)18-8-13-5-4-6-14(7-13)15-9-17-10-23-15/h4-7,9-10,18H,8H2,1-3H3. The van der Waals surface area contributed by atoms with Crippen LogP contribution >= 0.6 is 0 Å². The van der Waals surface area contributed by atoms with Crippen molar-refractivity contribution in [1.29, 1.82) is 0 Å². The van der Waals surface area contributed by atoms with Crippen LogP contribution in [0.5, 0.6) is 0 Å². The number of nitrogens with one attached hydrogen (secondary N) is 1. The predicted octanol–water partition coefficient (Wildman–Crippen LogP) is 2.17. The zero-order valence-electron chi connectivity index (χ0n) is 13.6. The number of aromatic nitrogens is 3. The first-order chi connectivity index (χ1) is 11.4. The number of hydrogen-bond donors (Lipinski definition) is 1. The number of aryl methyl sites for hydroxylation is 2. The van der Waals surface area contributed by atoms with Gasteiger partial charge < -0.3 is 4.42 Å². The normalized spacial score (nSPS) is 11.8. The molecule has 1 N–H and O–H groups in total. The molecule has 0 unspecified atom stereocenters. The van der Waals surface area contributed by atoms with Crippen LogP contribution in [-0.2, 0) is 23.6 Å². The molecule has 7 nitrogen and oxygen atoms in total. The lowest BCUT2D eigenvalue weighted by Gasteiger charge is -2.08. The highest BCUT2D eigenvalue weighted by Crippen LogP contribution is 2.21. The second-order valence-electron chi connectivity index (χ2n) is 5.51. The summed E-state index contributed by atoms with van der Waals surface area (Å²) in [6.07, 6.45) is 2.98. The first kappa shape index (κ1) is 16.4. The van der Waals surface area contributed by atoms with Gasteiger partial charge in [-0.05, 0) is 25.5 Å². The summed E-state index contributed by atoms with van der Waals surface area (Å²) in [5, 5.41) is 4.16. The van der Waals surface area contributed by atoms with Crippen molar-refractivity contribution in [3.8, 4) is 11.3 Å². The number of oxazole rings is 1. The fraction of sp³-hybridized carbons (Fsp3) is 0.250. The third-order valence-corrected chi connectivity index (χ3v) is 5.47. The van der Waals surface area contributed by atoms with Gasteiger partial charge in [-0.2, -0.15) is 5.10 Å². The van der Waals surface area contributed by atoms with Crippen LogP contribution in [0.3, 0.4) is 0 Å². The minimum atomic E-state index is -3.63. The molecular weight excluding hydrogens is 328 g/mol. The van der Waals surface area contributed by atoms with E-state index in [1.807, 2.05) is 24.3 Å². The van der Waals surface area contributed by atoms with Gasteiger partial charge in [0.25, 0.3) is 0 Å². The summed E-state index contributed by atoms with van der Waals surface area (Å²) >= 11 is 0. The number of rotatable bonds is 5. The second-order valence-corrected chi connectivity index (χ2v) is 7.22. The summed E-state index contributed by atoms with van der Waals surface area (Å²) in [5.74, 6) is 0.638. The molecule has 0 saturated carbocycles. The molecule has 0 bridgehead atoms. The lowest BCUT2D eigenvalue weighted by molar-refractivity contribution is 0.572. The molecule has 0 atom stereocenters. The van der Waals surface area contributed by atoms with Crippen LogP contribution in [0.1, 0.15) is 17.0 Å². The molecule has 3 aromatic rings. The van der Waals surface area contributed by atoms with Crippen LogP contribution in [0.2, 0.25) is 0 Å². The minimum absolute atomic E-state index is 0.179. The Balaban J connectivity index is 1.82. The molecule has 0 aliphatic carbocycles. The Morgan fingerprint density at radius 2 is 2.08 bits per heavy atom. The monoisotopic (exact) mass is 346 g/mol. The van der Waals surface area contributed by atoms with Crippen molar-refractivity contribution in [2.75, 3.05) is 0 Å². The zero-order valence-corrected chi connectivity index (χ0v) is 14.5. The zero-order chi connectivity index (χ0) is 17.3. The van der Waals surface area contributed by atoms with Gasteiger partial charge in [0.2, 0.25) is 10.0 Å². The van der Waals surface area contributed by atoms with Crippen molar-refractivity contribution in [3.63, 3.8) is 0 Å². The van der Waals surface area contributed by atoms with Crippen LogP contribution in [-0.4, -0.2) is 23.2 Å². The van der Waals surface area contributed by atoms with Gasteiger partial charge in [-0.3, -0.25) is 4.68 Å². The topological polar surface area (TPSA) is 90.0 Å². The quantitative estimate of drug-likeness (QED) is 0.765. The lowest BCUT2D eigenvalue weighted by atomic mass is 10.1. The van der Waals surface area contributed by atoms with Gasteiger partial charge in [0.15, 0.2) is 12.2 Å². The first-order valence-electron chi connectivity index (χ1n) is 7.36. The molecule has 8 heteroatoms. The van der Waals surface area contributed by atoms with Crippen molar-refractivity contribution in [2.45, 2.75) is 25.3 Å². The highest BCUT2D eigenvalue weighted by atomic mass is 32.2. The van der Waals surface area contributed by atoms with E-state index in [-0.39, 0.29) is 11.4 Å². The molecule has 24 heavy (non-hydrogen) atoms. The maximum atomic E-state index is 12.6. The maximum absolute atomic E-state index is 12.6. The van der Waals surface area contributed by atoms with Gasteiger partial charge in [-0.1, -0.05) is 18.2 Å². The molecule has 0 fully saturated rings. The third kappa shape index (κ3) is 3.10. The van der Waals surface area contributed by atoms with E-state index in [0.717, 1.165) is 11.1 Å². The first-order valence-corrected chi connectivity index (χ1v) is 8.84. The Morgan fingerprint density at radius 3 is 2.71 bits per heavy atom. The molecule has 0 spiro atoms. The van der Waals surface area contributed by atoms with Gasteiger partial charge >= 0.3 is 0 Å². The maximum Gasteiger partial charge on any atom is 0.244 e. The summed E-state index contributed by atoms with van der Waals surface area (Å²) in [4.78, 5) is 4.12. The van der Waals surface area contributed by atoms with E-state index in [1.165, 1.54) is 6.39 Å². The molecule has 0 aliphatic heterocycles. The summed E-state index contributed by atoms with van der Waals surface area (Å²) in [6.45, 7) is 3.60. The van der Waals surface area contributed by atoms with E-state index < -0.39 is 10.0 Å². The van der Waals surface area contributed by atoms with E-state index in [2.05, 4.69) is 14.8 Å². The summed E-state index contributed by atoms with van der Waals surface area (Å²) in [6, 6.07) is 7.45. The molecule has 0 aliphatic rings. The Kier molecular flexibility index (Phi) is 4.25. The highest BCUT2D eigenvalue weighted by Gasteiger charge is 2.23. The third-order valence-electron chi connectivity index (χ3n) is 3.82. The van der Waals surface area contributed by atoms with Crippen LogP contribution in [0, 0.1) is 13.8 Å². The fourth-order valence-corrected chi connectivity index (χ4v) is 4.04. The predicted molar refractivity (Wildman–Crippen MR) is 88.6 cm³/mol. The number of nitrogens with zero attached hydrogens (tertiary/aromatic N) is 3. The summed E-state index contributed by atoms with van der Waals surface area (Å²) in [5.41, 5.74) is 2.76. The van der Waals surface area contributed by atoms with Gasteiger partial charge in [-0.25, -0.2) is 18.1 Å². The van der Waals surface area contributed by atoms with E-state index in [4.69, 9.17) is 4.42 Å². The summed E-state index contributed by atoms with van der Waals surface area (Å²) < 4.78 is 34.6. The molecule has 0 amide bonds. The van der Waals surface area contributed by atoms with Crippen molar-refractivity contribution >= 4 is 10.0 Å². The Bertz CT molecular complexity index is 959. The van der Waals surface area contributed by atoms with Gasteiger partial charge in [-0.15, -0.1) is 0 Å². The van der Waals surface area contributed by atoms with Crippen molar-refractivity contribution in [1.82, 2.24) is 19.5 Å². The van der Waals surface area contributed by atoms with Crippen molar-refractivity contribution < 1.29 is 12.8 Å². The number of hydrogen-bond acceptors (Lipinski definition) is 5. The average Bonchev–Trinajstić information content (AvgIpc) is 3.15. The Labute approximate surface area is 140 Å². The molecule has 3 rings (SSSR count). The molecular formula is C16H18N4O3S. The summed E-state index contributed by atoms with van der Waals surface area (Å²) in [7, 11) is -1.91. The molecule has 126 valence electrons. The van der Waals surface area contributed by atoms with Crippen LogP contribution < -0.4 is 4.72 Å². The SMILES string of the molecule is Cc1nn(C)c(C)c1S(=O)(=O)NCc1cccc(-c2cnco2)c1. The van der Waals surface area contributed by atoms with E-state index in [1.54, 1.807) is 31.8 Å². The van der Waals surface area contributed by atoms with E-state index >= 15 is 0 Å². The highest BCUT2D eigenvalue weighted by molar-refractivity contribution is 7.89.